The Morgan fingerprint density at radius 3 is 3.12 bits per heavy atom. The molecule has 2 N–H and O–H groups in total. The van der Waals surface area contributed by atoms with Crippen LogP contribution in [-0.4, -0.2) is 17.7 Å². The first kappa shape index (κ1) is 9.73. The fourth-order valence-corrected chi connectivity index (χ4v) is 2.57. The zero-order valence-electron chi connectivity index (χ0n) is 9.44. The van der Waals surface area contributed by atoms with Gasteiger partial charge >= 0.3 is 0 Å². The van der Waals surface area contributed by atoms with Crippen LogP contribution in [-0.2, 0) is 13.0 Å². The molecule has 1 aromatic heterocycles. The van der Waals surface area contributed by atoms with Crippen LogP contribution in [0.4, 0.5) is 0 Å². The highest BCUT2D eigenvalue weighted by Crippen LogP contribution is 2.31. The van der Waals surface area contributed by atoms with E-state index in [1.54, 1.807) is 7.11 Å². The van der Waals surface area contributed by atoms with Crippen molar-refractivity contribution in [3.8, 4) is 5.75 Å². The Labute approximate surface area is 94.8 Å². The van der Waals surface area contributed by atoms with E-state index in [1.807, 2.05) is 12.1 Å². The van der Waals surface area contributed by atoms with Crippen LogP contribution in [0.1, 0.15) is 12.1 Å². The molecule has 0 saturated carbocycles. The molecular weight excluding hydrogens is 200 g/mol. The lowest BCUT2D eigenvalue weighted by atomic mass is 10.1. The van der Waals surface area contributed by atoms with E-state index in [2.05, 4.69) is 16.7 Å². The summed E-state index contributed by atoms with van der Waals surface area (Å²) < 4.78 is 7.71. The lowest BCUT2D eigenvalue weighted by molar-refractivity contribution is 0.420. The summed E-state index contributed by atoms with van der Waals surface area (Å²) in [4.78, 5) is 0. The lowest BCUT2D eigenvalue weighted by Gasteiger charge is -2.21. The predicted molar refractivity (Wildman–Crippen MR) is 64.8 cm³/mol. The Bertz CT molecular complexity index is 530. The van der Waals surface area contributed by atoms with Gasteiger partial charge in [-0.1, -0.05) is 6.07 Å². The third-order valence-corrected chi connectivity index (χ3v) is 3.40. The maximum absolute atomic E-state index is 6.02. The highest BCUT2D eigenvalue weighted by molar-refractivity contribution is 5.87. The van der Waals surface area contributed by atoms with E-state index < -0.39 is 0 Å². The first-order valence-electron chi connectivity index (χ1n) is 5.70. The smallest absolute Gasteiger partial charge is 0.128 e. The summed E-state index contributed by atoms with van der Waals surface area (Å²) in [6.45, 7) is 0.923. The molecule has 16 heavy (non-hydrogen) atoms. The van der Waals surface area contributed by atoms with Crippen molar-refractivity contribution in [2.45, 2.75) is 25.4 Å². The zero-order valence-corrected chi connectivity index (χ0v) is 9.44. The van der Waals surface area contributed by atoms with Gasteiger partial charge in [-0.3, -0.25) is 0 Å². The number of fused-ring (bicyclic) bond motifs is 3. The minimum Gasteiger partial charge on any atom is -0.496 e. The van der Waals surface area contributed by atoms with Crippen LogP contribution in [0.3, 0.4) is 0 Å². The van der Waals surface area contributed by atoms with Gasteiger partial charge in [0, 0.05) is 23.7 Å². The van der Waals surface area contributed by atoms with Gasteiger partial charge in [-0.05, 0) is 31.0 Å². The molecule has 1 aliphatic rings. The minimum absolute atomic E-state index is 0.286. The fourth-order valence-electron chi connectivity index (χ4n) is 2.57. The predicted octanol–water partition coefficient (Wildman–Crippen LogP) is 1.92. The molecule has 3 heteroatoms. The molecule has 1 unspecified atom stereocenters. The summed E-state index contributed by atoms with van der Waals surface area (Å²) in [7, 11) is 1.72. The molecule has 0 saturated heterocycles. The molecule has 1 aliphatic heterocycles. The average molecular weight is 216 g/mol. The van der Waals surface area contributed by atoms with E-state index in [0.29, 0.717) is 0 Å². The number of rotatable bonds is 1. The van der Waals surface area contributed by atoms with Gasteiger partial charge in [0.25, 0.3) is 0 Å². The first-order chi connectivity index (χ1) is 7.79. The molecule has 3 nitrogen and oxygen atoms in total. The van der Waals surface area contributed by atoms with E-state index in [9.17, 15) is 0 Å². The Morgan fingerprint density at radius 1 is 1.44 bits per heavy atom. The highest BCUT2D eigenvalue weighted by Gasteiger charge is 2.18. The van der Waals surface area contributed by atoms with E-state index in [0.717, 1.165) is 25.1 Å². The molecule has 1 atom stereocenters. The molecule has 0 fully saturated rings. The Kier molecular flexibility index (Phi) is 2.14. The molecule has 2 heterocycles. The van der Waals surface area contributed by atoms with Crippen molar-refractivity contribution in [1.29, 1.82) is 0 Å². The number of benzene rings is 1. The quantitative estimate of drug-likeness (QED) is 0.791. The summed E-state index contributed by atoms with van der Waals surface area (Å²) in [5, 5.41) is 1.20. The number of aryl methyl sites for hydroxylation is 1. The van der Waals surface area contributed by atoms with Gasteiger partial charge in [0.05, 0.1) is 12.6 Å². The number of nitrogens with zero attached hydrogens (tertiary/aromatic N) is 1. The monoisotopic (exact) mass is 216 g/mol. The second-order valence-electron chi connectivity index (χ2n) is 4.44. The lowest BCUT2D eigenvalue weighted by Crippen LogP contribution is -2.31. The van der Waals surface area contributed by atoms with Gasteiger partial charge in [-0.25, -0.2) is 0 Å². The Balaban J connectivity index is 2.25. The van der Waals surface area contributed by atoms with Crippen LogP contribution in [0, 0.1) is 0 Å². The highest BCUT2D eigenvalue weighted by atomic mass is 16.5. The van der Waals surface area contributed by atoms with Gasteiger partial charge in [0.2, 0.25) is 0 Å². The third kappa shape index (κ3) is 1.32. The SMILES string of the molecule is COc1cccc2c1cc1n2CC(N)CC1. The summed E-state index contributed by atoms with van der Waals surface area (Å²) in [5.74, 6) is 0.952. The van der Waals surface area contributed by atoms with Crippen molar-refractivity contribution in [3.63, 3.8) is 0 Å². The summed E-state index contributed by atoms with van der Waals surface area (Å²) in [6, 6.07) is 8.71. The molecule has 0 spiro atoms. The number of nitrogens with two attached hydrogens (primary N) is 1. The molecule has 3 rings (SSSR count). The van der Waals surface area contributed by atoms with Crippen molar-refractivity contribution in [3.05, 3.63) is 30.0 Å². The van der Waals surface area contributed by atoms with Gasteiger partial charge in [0.15, 0.2) is 0 Å². The number of ether oxygens (including phenoxy) is 1. The fraction of sp³-hybridized carbons (Fsp3) is 0.385. The van der Waals surface area contributed by atoms with E-state index in [1.165, 1.54) is 16.6 Å². The van der Waals surface area contributed by atoms with E-state index in [4.69, 9.17) is 10.5 Å². The third-order valence-electron chi connectivity index (χ3n) is 3.40. The molecule has 0 bridgehead atoms. The van der Waals surface area contributed by atoms with Crippen molar-refractivity contribution in [2.24, 2.45) is 5.73 Å². The molecule has 0 amide bonds. The summed E-state index contributed by atoms with van der Waals surface area (Å²) >= 11 is 0. The molecule has 1 aromatic carbocycles. The first-order valence-corrected chi connectivity index (χ1v) is 5.70. The maximum atomic E-state index is 6.02. The molecular formula is C13H16N2O. The Morgan fingerprint density at radius 2 is 2.31 bits per heavy atom. The van der Waals surface area contributed by atoms with Crippen LogP contribution in [0.15, 0.2) is 24.3 Å². The van der Waals surface area contributed by atoms with Crippen molar-refractivity contribution in [2.75, 3.05) is 7.11 Å². The van der Waals surface area contributed by atoms with E-state index in [-0.39, 0.29) is 6.04 Å². The topological polar surface area (TPSA) is 40.2 Å². The van der Waals surface area contributed by atoms with Gasteiger partial charge < -0.3 is 15.0 Å². The summed E-state index contributed by atoms with van der Waals surface area (Å²) in [6.07, 6.45) is 2.15. The number of methoxy groups -OCH3 is 1. The van der Waals surface area contributed by atoms with Gasteiger partial charge in [-0.2, -0.15) is 0 Å². The maximum Gasteiger partial charge on any atom is 0.128 e. The van der Waals surface area contributed by atoms with Crippen LogP contribution < -0.4 is 10.5 Å². The second-order valence-corrected chi connectivity index (χ2v) is 4.44. The zero-order chi connectivity index (χ0) is 11.1. The number of aromatic nitrogens is 1. The van der Waals surface area contributed by atoms with E-state index >= 15 is 0 Å². The second kappa shape index (κ2) is 3.52. The molecule has 84 valence electrons. The van der Waals surface area contributed by atoms with Crippen LogP contribution in [0.2, 0.25) is 0 Å². The minimum atomic E-state index is 0.286. The van der Waals surface area contributed by atoms with Gasteiger partial charge in [0.1, 0.15) is 5.75 Å². The van der Waals surface area contributed by atoms with Gasteiger partial charge in [-0.15, -0.1) is 0 Å². The molecule has 2 aromatic rings. The molecule has 0 aliphatic carbocycles. The number of hydrogen-bond donors (Lipinski definition) is 1. The van der Waals surface area contributed by atoms with Crippen LogP contribution in [0.5, 0.6) is 5.75 Å². The van der Waals surface area contributed by atoms with Crippen molar-refractivity contribution < 1.29 is 4.74 Å². The van der Waals surface area contributed by atoms with Crippen LogP contribution in [0.25, 0.3) is 10.9 Å². The number of hydrogen-bond acceptors (Lipinski definition) is 2. The average Bonchev–Trinajstić information content (AvgIpc) is 2.67. The van der Waals surface area contributed by atoms with Crippen molar-refractivity contribution in [1.82, 2.24) is 4.57 Å². The Hall–Kier alpha value is -1.48. The van der Waals surface area contributed by atoms with Crippen LogP contribution >= 0.6 is 0 Å². The standard InChI is InChI=1S/C13H16N2O/c1-16-13-4-2-3-12-11(13)7-10-6-5-9(14)8-15(10)12/h2-4,7,9H,5-6,8,14H2,1H3. The largest absolute Gasteiger partial charge is 0.496 e. The summed E-state index contributed by atoms with van der Waals surface area (Å²) in [5.41, 5.74) is 8.63. The van der Waals surface area contributed by atoms with Crippen molar-refractivity contribution >= 4 is 10.9 Å². The molecule has 0 radical (unpaired) electrons. The normalized spacial score (nSPS) is 19.8.